The van der Waals surface area contributed by atoms with Crippen LogP contribution >= 0.6 is 0 Å². The number of hydrogen-bond donors (Lipinski definition) is 0. The van der Waals surface area contributed by atoms with Crippen LogP contribution in [-0.2, 0) is 4.79 Å². The molecule has 0 atom stereocenters. The summed E-state index contributed by atoms with van der Waals surface area (Å²) in [5.41, 5.74) is 0.0506. The van der Waals surface area contributed by atoms with E-state index in [1.54, 1.807) is 0 Å². The van der Waals surface area contributed by atoms with Crippen LogP contribution < -0.4 is 0 Å². The van der Waals surface area contributed by atoms with Crippen molar-refractivity contribution in [3.8, 4) is 0 Å². The van der Waals surface area contributed by atoms with E-state index in [1.807, 2.05) is 0 Å². The number of nitrogens with zero attached hydrogens (tertiary/aromatic N) is 2. The summed E-state index contributed by atoms with van der Waals surface area (Å²) in [6, 6.07) is 4.80. The topological polar surface area (TPSA) is 25.2 Å². The lowest BCUT2D eigenvalue weighted by atomic mass is 9.49. The molecule has 1 saturated heterocycles. The van der Waals surface area contributed by atoms with Gasteiger partial charge in [0.2, 0.25) is 5.91 Å². The van der Waals surface area contributed by atoms with E-state index in [4.69, 9.17) is 0 Å². The summed E-state index contributed by atoms with van der Waals surface area (Å²) in [4.78, 5) is 15.6. The van der Waals surface area contributed by atoms with Crippen LogP contribution in [0.5, 0.6) is 0 Å². The van der Waals surface area contributed by atoms with Crippen LogP contribution in [-0.4, -0.2) is 28.5 Å². The van der Waals surface area contributed by atoms with Gasteiger partial charge in [0.1, 0.15) is 0 Å². The third-order valence-corrected chi connectivity index (χ3v) is 7.29. The molecule has 3 nitrogen and oxygen atoms in total. The number of rotatable bonds is 2. The van der Waals surface area contributed by atoms with Gasteiger partial charge < -0.3 is 9.47 Å². The number of likely N-dealkylation sites (tertiary alicyclic amines) is 1. The van der Waals surface area contributed by atoms with Gasteiger partial charge in [0.15, 0.2) is 0 Å². The Kier molecular flexibility index (Phi) is 3.15. The van der Waals surface area contributed by atoms with Gasteiger partial charge in [-0.15, -0.1) is 0 Å². The van der Waals surface area contributed by atoms with Gasteiger partial charge >= 0.3 is 0 Å². The van der Waals surface area contributed by atoms with Gasteiger partial charge in [0.25, 0.3) is 0 Å². The monoisotopic (exact) mass is 312 g/mol. The van der Waals surface area contributed by atoms with E-state index in [-0.39, 0.29) is 5.41 Å². The maximum absolute atomic E-state index is 13.4. The van der Waals surface area contributed by atoms with Gasteiger partial charge in [-0.2, -0.15) is 0 Å². The summed E-state index contributed by atoms with van der Waals surface area (Å²) in [7, 11) is 0. The van der Waals surface area contributed by atoms with Crippen molar-refractivity contribution in [1.29, 1.82) is 0 Å². The first kappa shape index (κ1) is 14.1. The second-order valence-electron chi connectivity index (χ2n) is 8.85. The second kappa shape index (κ2) is 5.12. The van der Waals surface area contributed by atoms with Gasteiger partial charge in [0.05, 0.1) is 5.41 Å². The molecule has 5 fully saturated rings. The molecule has 4 saturated carbocycles. The molecule has 1 aromatic heterocycles. The van der Waals surface area contributed by atoms with Crippen molar-refractivity contribution < 1.29 is 4.79 Å². The fourth-order valence-electron chi connectivity index (χ4n) is 6.67. The summed E-state index contributed by atoms with van der Waals surface area (Å²) < 4.78 is 2.33. The predicted octanol–water partition coefficient (Wildman–Crippen LogP) is 3.87. The molecular weight excluding hydrogens is 284 g/mol. The first-order chi connectivity index (χ1) is 11.2. The number of carbonyl (C=O) groups is 1. The minimum Gasteiger partial charge on any atom is -0.351 e. The van der Waals surface area contributed by atoms with Gasteiger partial charge in [-0.3, -0.25) is 4.79 Å². The number of carbonyl (C=O) groups excluding carboxylic acids is 1. The number of hydrogen-bond acceptors (Lipinski definition) is 1. The Balaban J connectivity index is 1.29. The minimum absolute atomic E-state index is 0.0506. The molecule has 4 aliphatic carbocycles. The van der Waals surface area contributed by atoms with Crippen molar-refractivity contribution >= 4 is 5.91 Å². The zero-order valence-electron chi connectivity index (χ0n) is 14.0. The molecule has 4 bridgehead atoms. The third-order valence-electron chi connectivity index (χ3n) is 7.29. The molecule has 0 unspecified atom stereocenters. The number of amides is 1. The zero-order chi connectivity index (χ0) is 15.4. The molecular formula is C20H28N2O. The minimum atomic E-state index is 0.0506. The Bertz CT molecular complexity index is 548. The number of piperidine rings is 1. The van der Waals surface area contributed by atoms with Crippen LogP contribution in [0.2, 0.25) is 0 Å². The highest BCUT2D eigenvalue weighted by Gasteiger charge is 2.55. The summed E-state index contributed by atoms with van der Waals surface area (Å²) in [5.74, 6) is 3.12. The standard InChI is InChI=1S/C20H28N2O/c23-19(20-12-15-9-16(13-20)11-17(10-15)14-20)22-7-3-18(4-8-22)21-5-1-2-6-21/h1-2,5-6,15-18H,3-4,7-14H2. The highest BCUT2D eigenvalue weighted by Crippen LogP contribution is 2.60. The third kappa shape index (κ3) is 2.27. The Labute approximate surface area is 139 Å². The maximum atomic E-state index is 13.4. The lowest BCUT2D eigenvalue weighted by molar-refractivity contribution is -0.159. The molecule has 6 rings (SSSR count). The smallest absolute Gasteiger partial charge is 0.228 e. The highest BCUT2D eigenvalue weighted by atomic mass is 16.2. The van der Waals surface area contributed by atoms with E-state index in [1.165, 1.54) is 38.5 Å². The lowest BCUT2D eigenvalue weighted by Gasteiger charge is -2.57. The van der Waals surface area contributed by atoms with Crippen molar-refractivity contribution in [1.82, 2.24) is 9.47 Å². The molecule has 124 valence electrons. The van der Waals surface area contributed by atoms with Crippen LogP contribution in [0.15, 0.2) is 24.5 Å². The average molecular weight is 312 g/mol. The van der Waals surface area contributed by atoms with Crippen molar-refractivity contribution in [3.05, 3.63) is 24.5 Å². The Morgan fingerprint density at radius 1 is 0.870 bits per heavy atom. The van der Waals surface area contributed by atoms with Gasteiger partial charge in [0, 0.05) is 31.5 Å². The van der Waals surface area contributed by atoms with Crippen molar-refractivity contribution in [2.75, 3.05) is 13.1 Å². The van der Waals surface area contributed by atoms with E-state index >= 15 is 0 Å². The van der Waals surface area contributed by atoms with E-state index in [2.05, 4.69) is 34.0 Å². The van der Waals surface area contributed by atoms with Crippen LogP contribution in [0.3, 0.4) is 0 Å². The van der Waals surface area contributed by atoms with Crippen LogP contribution in [0.4, 0.5) is 0 Å². The Hall–Kier alpha value is -1.25. The number of aromatic nitrogens is 1. The van der Waals surface area contributed by atoms with Gasteiger partial charge in [-0.05, 0) is 81.3 Å². The van der Waals surface area contributed by atoms with Crippen LogP contribution in [0.1, 0.15) is 57.4 Å². The predicted molar refractivity (Wildman–Crippen MR) is 89.9 cm³/mol. The molecule has 0 N–H and O–H groups in total. The Morgan fingerprint density at radius 3 is 1.91 bits per heavy atom. The highest BCUT2D eigenvalue weighted by molar-refractivity contribution is 5.83. The molecule has 5 aliphatic rings. The van der Waals surface area contributed by atoms with Crippen LogP contribution in [0, 0.1) is 23.2 Å². The molecule has 23 heavy (non-hydrogen) atoms. The van der Waals surface area contributed by atoms with Gasteiger partial charge in [-0.25, -0.2) is 0 Å². The van der Waals surface area contributed by atoms with E-state index < -0.39 is 0 Å². The van der Waals surface area contributed by atoms with Crippen LogP contribution in [0.25, 0.3) is 0 Å². The van der Waals surface area contributed by atoms with E-state index in [0.717, 1.165) is 43.7 Å². The van der Waals surface area contributed by atoms with Crippen molar-refractivity contribution in [3.63, 3.8) is 0 Å². The first-order valence-electron chi connectivity index (χ1n) is 9.64. The molecule has 0 aromatic carbocycles. The fourth-order valence-corrected chi connectivity index (χ4v) is 6.67. The summed E-state index contributed by atoms with van der Waals surface area (Å²) in [6.07, 6.45) is 14.4. The fraction of sp³-hybridized carbons (Fsp3) is 0.750. The molecule has 0 spiro atoms. The summed E-state index contributed by atoms with van der Waals surface area (Å²) in [6.45, 7) is 1.92. The quantitative estimate of drug-likeness (QED) is 0.814. The molecule has 1 aliphatic heterocycles. The SMILES string of the molecule is O=C(N1CCC(n2cccc2)CC1)C12CC3CC(CC(C3)C1)C2. The van der Waals surface area contributed by atoms with Gasteiger partial charge in [-0.1, -0.05) is 0 Å². The summed E-state index contributed by atoms with van der Waals surface area (Å²) >= 11 is 0. The first-order valence-corrected chi connectivity index (χ1v) is 9.64. The molecule has 3 heteroatoms. The van der Waals surface area contributed by atoms with Crippen molar-refractivity contribution in [2.24, 2.45) is 23.2 Å². The largest absolute Gasteiger partial charge is 0.351 e. The second-order valence-corrected chi connectivity index (χ2v) is 8.85. The maximum Gasteiger partial charge on any atom is 0.228 e. The summed E-state index contributed by atoms with van der Waals surface area (Å²) in [5, 5.41) is 0. The average Bonchev–Trinajstić information content (AvgIpc) is 3.07. The lowest BCUT2D eigenvalue weighted by Crippen LogP contribution is -2.55. The van der Waals surface area contributed by atoms with E-state index in [9.17, 15) is 4.79 Å². The molecule has 0 radical (unpaired) electrons. The van der Waals surface area contributed by atoms with E-state index in [0.29, 0.717) is 11.9 Å². The van der Waals surface area contributed by atoms with Crippen molar-refractivity contribution in [2.45, 2.75) is 57.4 Å². The molecule has 1 aromatic rings. The molecule has 1 amide bonds. The Morgan fingerprint density at radius 2 is 1.39 bits per heavy atom. The molecule has 2 heterocycles. The zero-order valence-corrected chi connectivity index (χ0v) is 14.0. The normalized spacial score (nSPS) is 39.8.